The molecule has 13 rings (SSSR count). The van der Waals surface area contributed by atoms with Crippen LogP contribution in [0.2, 0.25) is 0 Å². The van der Waals surface area contributed by atoms with Gasteiger partial charge in [0, 0.05) is 193 Å². The Morgan fingerprint density at radius 2 is 0.754 bits per heavy atom. The number of nitrogens with one attached hydrogen (secondary N) is 3. The van der Waals surface area contributed by atoms with Gasteiger partial charge in [0.15, 0.2) is 17.3 Å². The zero-order valence-electron chi connectivity index (χ0n) is 70.4. The van der Waals surface area contributed by atoms with E-state index in [1.54, 1.807) is 70.4 Å². The van der Waals surface area contributed by atoms with Gasteiger partial charge in [-0.25, -0.2) is 29.9 Å². The van der Waals surface area contributed by atoms with Crippen molar-refractivity contribution < 1.29 is 52.1 Å². The quantitative estimate of drug-likeness (QED) is 0.0269. The van der Waals surface area contributed by atoms with Crippen LogP contribution in [-0.2, 0) is 36.4 Å². The Morgan fingerprint density at radius 1 is 0.415 bits per heavy atom. The molecule has 6 aromatic carbocycles. The lowest BCUT2D eigenvalue weighted by molar-refractivity contribution is 0.00578. The SMILES string of the molecule is CCN1CCN(c2cccc(Nc3ncc(/C=C/c4cc(OC)cc(C(=O)COC)c4)cn3)c2)CC1.CCN1CCN(c2cccc(Nc3ncc(Br)cn3)c2)CC1.CCN1CCN(c2cccc(Nc3ncc(CCc4cc(OC)cc(C(=O)COC)c4)cn3)c2)CC1.COCC(=O)c1cc(/C=C/B2OC(C)(C)C(C)(C)O2)cc(OC)c1. The number of hydrogen-bond acceptors (Lipinski definition) is 26. The number of ether oxygens (including phenoxy) is 6. The molecule has 28 heteroatoms. The van der Waals surface area contributed by atoms with Crippen LogP contribution in [0.3, 0.4) is 0 Å². The summed E-state index contributed by atoms with van der Waals surface area (Å²) in [6, 6.07) is 41.6. The van der Waals surface area contributed by atoms with Crippen molar-refractivity contribution in [2.45, 2.75) is 72.5 Å². The van der Waals surface area contributed by atoms with Crippen LogP contribution in [0.25, 0.3) is 18.2 Å². The number of piperazine rings is 3. The summed E-state index contributed by atoms with van der Waals surface area (Å²) in [5.41, 5.74) is 12.1. The highest BCUT2D eigenvalue weighted by Gasteiger charge is 2.50. The van der Waals surface area contributed by atoms with E-state index in [2.05, 4.69) is 167 Å². The van der Waals surface area contributed by atoms with Gasteiger partial charge in [-0.05, 0) is 208 Å². The second-order valence-corrected chi connectivity index (χ2v) is 30.6. The number of anilines is 9. The fourth-order valence-electron chi connectivity index (χ4n) is 13.5. The lowest BCUT2D eigenvalue weighted by Crippen LogP contribution is -2.46. The number of likely N-dealkylation sites (N-methyl/N-ethyl adjacent to an activating group) is 3. The van der Waals surface area contributed by atoms with E-state index in [4.69, 9.17) is 37.7 Å². The van der Waals surface area contributed by atoms with E-state index in [0.717, 1.165) is 160 Å². The molecule has 4 aliphatic rings. The molecule has 4 fully saturated rings. The zero-order valence-corrected chi connectivity index (χ0v) is 71.9. The molecule has 0 amide bonds. The number of Topliss-reactive ketones (excluding diaryl/α,β-unsaturated/α-hetero) is 3. The van der Waals surface area contributed by atoms with Crippen LogP contribution >= 0.6 is 15.9 Å². The molecule has 26 nitrogen and oxygen atoms in total. The lowest BCUT2D eigenvalue weighted by atomic mass is 9.89. The van der Waals surface area contributed by atoms with E-state index >= 15 is 0 Å². The van der Waals surface area contributed by atoms with E-state index in [0.29, 0.717) is 51.8 Å². The first-order valence-corrected chi connectivity index (χ1v) is 40.9. The van der Waals surface area contributed by atoms with Crippen LogP contribution in [0.5, 0.6) is 17.2 Å². The molecule has 0 bridgehead atoms. The molecule has 0 unspecified atom stereocenters. The largest absolute Gasteiger partial charge is 0.497 e. The minimum Gasteiger partial charge on any atom is -0.497 e. The fraction of sp³-hybridized carbons (Fsp3) is 0.389. The van der Waals surface area contributed by atoms with Gasteiger partial charge in [0.05, 0.1) is 37.0 Å². The number of hydrogen-bond donors (Lipinski definition) is 3. The Bertz CT molecular complexity index is 4740. The minimum atomic E-state index is -0.431. The maximum absolute atomic E-state index is 12.3. The molecule has 4 saturated heterocycles. The lowest BCUT2D eigenvalue weighted by Gasteiger charge is -2.35. The number of carbonyl (C=O) groups excluding carboxylic acids is 3. The molecule has 3 aromatic heterocycles. The third-order valence-electron chi connectivity index (χ3n) is 21.1. The predicted octanol–water partition coefficient (Wildman–Crippen LogP) is 14.6. The third kappa shape index (κ3) is 27.0. The Morgan fingerprint density at radius 3 is 1.13 bits per heavy atom. The van der Waals surface area contributed by atoms with Crippen molar-refractivity contribution in [3.63, 3.8) is 0 Å². The summed E-state index contributed by atoms with van der Waals surface area (Å²) >= 11 is 3.34. The summed E-state index contributed by atoms with van der Waals surface area (Å²) in [5.74, 6) is 5.19. The Labute approximate surface area is 704 Å². The summed E-state index contributed by atoms with van der Waals surface area (Å²) in [4.78, 5) is 77.7. The molecule has 0 spiro atoms. The highest BCUT2D eigenvalue weighted by Crippen LogP contribution is 2.38. The van der Waals surface area contributed by atoms with Gasteiger partial charge in [-0.1, -0.05) is 63.2 Å². The molecule has 0 aliphatic carbocycles. The summed E-state index contributed by atoms with van der Waals surface area (Å²) < 4.78 is 43.6. The van der Waals surface area contributed by atoms with Gasteiger partial charge in [-0.2, -0.15) is 0 Å². The van der Waals surface area contributed by atoms with Crippen LogP contribution < -0.4 is 44.9 Å². The van der Waals surface area contributed by atoms with Gasteiger partial charge < -0.3 is 83.1 Å². The van der Waals surface area contributed by atoms with Crippen molar-refractivity contribution in [3.8, 4) is 17.2 Å². The number of halogens is 1. The maximum atomic E-state index is 12.3. The van der Waals surface area contributed by atoms with Crippen LogP contribution in [0.1, 0.15) is 107 Å². The number of rotatable bonds is 31. The van der Waals surface area contributed by atoms with Crippen LogP contribution in [0.15, 0.2) is 175 Å². The van der Waals surface area contributed by atoms with Crippen molar-refractivity contribution in [2.24, 2.45) is 0 Å². The number of carbonyl (C=O) groups is 3. The standard InChI is InChI=1S/C28H35N5O3.C28H33N5O3.C18H25BO5.C16H20BrN5/c2*1-4-32-10-12-33(13-11-32)25-7-5-6-24(17-25)31-28-29-18-22(19-30-28)9-8-21-14-23(27(34)20-35-2)16-26(15-21)36-3;1-17(2)18(3,4)24-19(23-17)8-7-13-9-14(16(20)12-21-5)11-15(10-13)22-6;1-2-21-6-8-22(9-7-21)15-5-3-4-14(10-15)20-16-18-11-13(17)12-19-16/h5-7,14-19H,4,8-13,20H2,1-3H3,(H,29,30,31);5-9,14-19H,4,10-13,20H2,1-3H3,(H,29,30,31);7-11H,12H2,1-6H3;3-5,10-12H,2,6-9H2,1H3,(H,18,19,20)/b;9-8+;8-7+;. The van der Waals surface area contributed by atoms with Gasteiger partial charge >= 0.3 is 7.12 Å². The molecule has 3 N–H and O–H groups in total. The number of nitrogens with zero attached hydrogens (tertiary/aromatic N) is 12. The van der Waals surface area contributed by atoms with Gasteiger partial charge in [0.1, 0.15) is 37.1 Å². The van der Waals surface area contributed by atoms with E-state index in [9.17, 15) is 14.4 Å². The van der Waals surface area contributed by atoms with Crippen molar-refractivity contribution in [2.75, 3.05) is 191 Å². The highest BCUT2D eigenvalue weighted by atomic mass is 79.9. The summed E-state index contributed by atoms with van der Waals surface area (Å²) in [6.07, 6.45) is 17.9. The molecule has 624 valence electrons. The first-order valence-electron chi connectivity index (χ1n) is 40.1. The van der Waals surface area contributed by atoms with Crippen molar-refractivity contribution >= 4 is 111 Å². The van der Waals surface area contributed by atoms with Crippen LogP contribution in [-0.4, -0.2) is 241 Å². The highest BCUT2D eigenvalue weighted by molar-refractivity contribution is 9.10. The average Bonchev–Trinajstić information content (AvgIpc) is 1.64. The first kappa shape index (κ1) is 89.8. The van der Waals surface area contributed by atoms with Crippen molar-refractivity contribution in [1.82, 2.24) is 44.6 Å². The number of benzene rings is 6. The average molecular weight is 1670 g/mol. The van der Waals surface area contributed by atoms with Crippen LogP contribution in [0.4, 0.5) is 52.0 Å². The predicted molar refractivity (Wildman–Crippen MR) is 475 cm³/mol. The van der Waals surface area contributed by atoms with Crippen molar-refractivity contribution in [3.05, 3.63) is 220 Å². The molecule has 0 atom stereocenters. The molecule has 118 heavy (non-hydrogen) atoms. The molecule has 9 aromatic rings. The fourth-order valence-corrected chi connectivity index (χ4v) is 13.7. The summed E-state index contributed by atoms with van der Waals surface area (Å²) in [7, 11) is 8.84. The second-order valence-electron chi connectivity index (χ2n) is 29.7. The molecular weight excluding hydrogens is 1560 g/mol. The smallest absolute Gasteiger partial charge is 0.487 e. The maximum Gasteiger partial charge on any atom is 0.487 e. The first-order chi connectivity index (χ1) is 57.1. The number of aryl methyl sites for hydroxylation is 2. The van der Waals surface area contributed by atoms with E-state index in [1.807, 2.05) is 113 Å². The van der Waals surface area contributed by atoms with E-state index in [1.165, 1.54) is 38.4 Å². The van der Waals surface area contributed by atoms with E-state index < -0.39 is 7.12 Å². The molecule has 0 radical (unpaired) electrons. The van der Waals surface area contributed by atoms with E-state index in [-0.39, 0.29) is 48.4 Å². The zero-order chi connectivity index (χ0) is 84.0. The second kappa shape index (κ2) is 44.9. The Balaban J connectivity index is 0.000000169. The van der Waals surface area contributed by atoms with Gasteiger partial charge in [0.2, 0.25) is 17.8 Å². The number of methoxy groups -OCH3 is 6. The summed E-state index contributed by atoms with van der Waals surface area (Å²) in [6.45, 7) is 31.1. The normalized spacial score (nSPS) is 15.4. The van der Waals surface area contributed by atoms with Crippen molar-refractivity contribution in [1.29, 1.82) is 0 Å². The molecule has 0 saturated carbocycles. The number of ketones is 3. The summed E-state index contributed by atoms with van der Waals surface area (Å²) in [5, 5.41) is 9.88. The van der Waals surface area contributed by atoms with Gasteiger partial charge in [0.25, 0.3) is 0 Å². The van der Waals surface area contributed by atoms with Gasteiger partial charge in [-0.15, -0.1) is 0 Å². The Hall–Kier alpha value is -10.5. The van der Waals surface area contributed by atoms with Gasteiger partial charge in [-0.3, -0.25) is 14.4 Å². The third-order valence-corrected chi connectivity index (χ3v) is 21.5. The topological polar surface area (TPSA) is 258 Å². The minimum absolute atomic E-state index is 0.0248. The number of aromatic nitrogens is 6. The Kier molecular flexibility index (Phi) is 34.2. The molecular formula is C90H113BBrN15O11. The van der Waals surface area contributed by atoms with Crippen LogP contribution in [0, 0.1) is 0 Å². The molecule has 4 aliphatic heterocycles. The molecule has 7 heterocycles. The monoisotopic (exact) mass is 1670 g/mol.